The largest absolute Gasteiger partial charge is 0.390 e. The van der Waals surface area contributed by atoms with Crippen molar-refractivity contribution in [1.82, 2.24) is 9.97 Å². The molecule has 1 heterocycles. The van der Waals surface area contributed by atoms with Crippen LogP contribution in [0, 0.1) is 0 Å². The van der Waals surface area contributed by atoms with Crippen LogP contribution in [0.25, 0.3) is 0 Å². The van der Waals surface area contributed by atoms with Gasteiger partial charge in [-0.1, -0.05) is 11.6 Å². The fraction of sp³-hybridized carbons (Fsp3) is 0.429. The molecule has 13 heavy (non-hydrogen) atoms. The van der Waals surface area contributed by atoms with Crippen LogP contribution >= 0.6 is 11.6 Å². The van der Waals surface area contributed by atoms with Gasteiger partial charge in [-0.15, -0.1) is 0 Å². The van der Waals surface area contributed by atoms with Gasteiger partial charge in [-0.05, 0) is 0 Å². The van der Waals surface area contributed by atoms with Crippen molar-refractivity contribution < 1.29 is 5.11 Å². The van der Waals surface area contributed by atoms with Gasteiger partial charge in [-0.3, -0.25) is 0 Å². The maximum atomic E-state index is 9.10. The molecule has 6 heteroatoms. The lowest BCUT2D eigenvalue weighted by molar-refractivity contribution is 0.196. The Bertz CT molecular complexity index is 253. The standard InChI is InChI=1S/C7H11ClN4O/c8-5-2-10-7(11-3-5)12-4-6(13)1-9/h2-3,6,13H,1,4,9H2,(H,10,11,12). The van der Waals surface area contributed by atoms with E-state index in [1.54, 1.807) is 0 Å². The lowest BCUT2D eigenvalue weighted by atomic mass is 10.3. The molecule has 0 aliphatic heterocycles. The Kier molecular flexibility index (Phi) is 3.88. The first-order valence-corrected chi connectivity index (χ1v) is 4.19. The summed E-state index contributed by atoms with van der Waals surface area (Å²) in [7, 11) is 0. The maximum absolute atomic E-state index is 9.10. The number of rotatable bonds is 4. The van der Waals surface area contributed by atoms with Gasteiger partial charge in [0.1, 0.15) is 0 Å². The predicted molar refractivity (Wildman–Crippen MR) is 50.6 cm³/mol. The normalized spacial score (nSPS) is 12.5. The highest BCUT2D eigenvalue weighted by Crippen LogP contribution is 2.05. The molecule has 5 nitrogen and oxygen atoms in total. The Morgan fingerprint density at radius 2 is 2.15 bits per heavy atom. The highest BCUT2D eigenvalue weighted by Gasteiger charge is 2.01. The van der Waals surface area contributed by atoms with Crippen LogP contribution in [0.2, 0.25) is 5.02 Å². The molecule has 0 radical (unpaired) electrons. The van der Waals surface area contributed by atoms with Gasteiger partial charge in [-0.25, -0.2) is 9.97 Å². The highest BCUT2D eigenvalue weighted by atomic mass is 35.5. The molecule has 0 fully saturated rings. The van der Waals surface area contributed by atoms with Crippen molar-refractivity contribution in [3.05, 3.63) is 17.4 Å². The van der Waals surface area contributed by atoms with Gasteiger partial charge in [0.05, 0.1) is 23.5 Å². The van der Waals surface area contributed by atoms with Gasteiger partial charge in [-0.2, -0.15) is 0 Å². The summed E-state index contributed by atoms with van der Waals surface area (Å²) in [6.45, 7) is 0.540. The minimum atomic E-state index is -0.584. The number of halogens is 1. The number of aromatic nitrogens is 2. The predicted octanol–water partition coefficient (Wildman–Crippen LogP) is -0.139. The second-order valence-corrected chi connectivity index (χ2v) is 2.93. The first-order valence-electron chi connectivity index (χ1n) is 3.82. The van der Waals surface area contributed by atoms with E-state index < -0.39 is 6.10 Å². The van der Waals surface area contributed by atoms with E-state index >= 15 is 0 Å². The molecule has 0 aliphatic carbocycles. The van der Waals surface area contributed by atoms with Crippen LogP contribution in [0.5, 0.6) is 0 Å². The van der Waals surface area contributed by atoms with E-state index in [9.17, 15) is 0 Å². The van der Waals surface area contributed by atoms with E-state index in [1.165, 1.54) is 12.4 Å². The van der Waals surface area contributed by atoms with Gasteiger partial charge in [0.15, 0.2) is 0 Å². The molecule has 1 aromatic rings. The quantitative estimate of drug-likeness (QED) is 0.633. The number of nitrogens with zero attached hydrogens (tertiary/aromatic N) is 2. The van der Waals surface area contributed by atoms with Crippen molar-refractivity contribution in [1.29, 1.82) is 0 Å². The molecule has 0 spiro atoms. The summed E-state index contributed by atoms with van der Waals surface area (Å²) in [6.07, 6.45) is 2.37. The fourth-order valence-corrected chi connectivity index (χ4v) is 0.794. The Balaban J connectivity index is 2.41. The molecule has 0 amide bonds. The topological polar surface area (TPSA) is 84.1 Å². The number of aliphatic hydroxyl groups is 1. The third-order valence-electron chi connectivity index (χ3n) is 1.39. The smallest absolute Gasteiger partial charge is 0.222 e. The first kappa shape index (κ1) is 10.2. The van der Waals surface area contributed by atoms with Crippen LogP contribution in [0.3, 0.4) is 0 Å². The molecular formula is C7H11ClN4O. The average molecular weight is 203 g/mol. The summed E-state index contributed by atoms with van der Waals surface area (Å²) in [5.74, 6) is 0.428. The van der Waals surface area contributed by atoms with Crippen LogP contribution in [0.1, 0.15) is 0 Å². The summed E-state index contributed by atoms with van der Waals surface area (Å²) in [4.78, 5) is 7.76. The Hall–Kier alpha value is -0.910. The SMILES string of the molecule is NCC(O)CNc1ncc(Cl)cn1. The van der Waals surface area contributed by atoms with Crippen LogP contribution in [-0.2, 0) is 0 Å². The number of hydrogen-bond donors (Lipinski definition) is 3. The molecule has 1 aromatic heterocycles. The van der Waals surface area contributed by atoms with Crippen molar-refractivity contribution in [2.75, 3.05) is 18.4 Å². The minimum absolute atomic E-state index is 0.209. The van der Waals surface area contributed by atoms with E-state index in [-0.39, 0.29) is 6.54 Å². The lowest BCUT2D eigenvalue weighted by Crippen LogP contribution is -2.28. The molecular weight excluding hydrogens is 192 g/mol. The van der Waals surface area contributed by atoms with Crippen LogP contribution in [-0.4, -0.2) is 34.3 Å². The lowest BCUT2D eigenvalue weighted by Gasteiger charge is -2.08. The molecule has 0 saturated carbocycles. The van der Waals surface area contributed by atoms with Gasteiger partial charge in [0.2, 0.25) is 5.95 Å². The Labute approximate surface area is 81.0 Å². The summed E-state index contributed by atoms with van der Waals surface area (Å²) in [6, 6.07) is 0. The van der Waals surface area contributed by atoms with Crippen molar-refractivity contribution in [2.24, 2.45) is 5.73 Å². The van der Waals surface area contributed by atoms with E-state index in [0.29, 0.717) is 17.5 Å². The first-order chi connectivity index (χ1) is 6.22. The molecule has 1 rings (SSSR count). The van der Waals surface area contributed by atoms with E-state index in [1.807, 2.05) is 0 Å². The van der Waals surface area contributed by atoms with E-state index in [2.05, 4.69) is 15.3 Å². The third kappa shape index (κ3) is 3.54. The zero-order valence-electron chi connectivity index (χ0n) is 6.94. The van der Waals surface area contributed by atoms with Gasteiger partial charge in [0.25, 0.3) is 0 Å². The number of aliphatic hydroxyl groups excluding tert-OH is 1. The average Bonchev–Trinajstić information content (AvgIpc) is 2.16. The molecule has 0 aromatic carbocycles. The zero-order valence-corrected chi connectivity index (χ0v) is 7.70. The van der Waals surface area contributed by atoms with Crippen molar-refractivity contribution in [2.45, 2.75) is 6.10 Å². The van der Waals surface area contributed by atoms with Crippen LogP contribution in [0.15, 0.2) is 12.4 Å². The van der Waals surface area contributed by atoms with Crippen molar-refractivity contribution in [3.63, 3.8) is 0 Å². The van der Waals surface area contributed by atoms with Gasteiger partial charge >= 0.3 is 0 Å². The maximum Gasteiger partial charge on any atom is 0.222 e. The molecule has 0 aliphatic rings. The van der Waals surface area contributed by atoms with E-state index in [0.717, 1.165) is 0 Å². The van der Waals surface area contributed by atoms with Gasteiger partial charge in [0, 0.05) is 13.1 Å². The monoisotopic (exact) mass is 202 g/mol. The van der Waals surface area contributed by atoms with E-state index in [4.69, 9.17) is 22.4 Å². The minimum Gasteiger partial charge on any atom is -0.390 e. The molecule has 0 saturated heterocycles. The summed E-state index contributed by atoms with van der Waals surface area (Å²) < 4.78 is 0. The van der Waals surface area contributed by atoms with Gasteiger partial charge < -0.3 is 16.2 Å². The number of nitrogens with one attached hydrogen (secondary N) is 1. The molecule has 0 bridgehead atoms. The second kappa shape index (κ2) is 4.96. The molecule has 1 atom stereocenters. The second-order valence-electron chi connectivity index (χ2n) is 2.50. The number of nitrogens with two attached hydrogens (primary N) is 1. The Morgan fingerprint density at radius 3 is 2.69 bits per heavy atom. The fourth-order valence-electron chi connectivity index (χ4n) is 0.696. The third-order valence-corrected chi connectivity index (χ3v) is 1.58. The summed E-state index contributed by atoms with van der Waals surface area (Å²) in [5, 5.41) is 12.4. The summed E-state index contributed by atoms with van der Waals surface area (Å²) >= 11 is 5.58. The number of hydrogen-bond acceptors (Lipinski definition) is 5. The molecule has 4 N–H and O–H groups in total. The van der Waals surface area contributed by atoms with Crippen LogP contribution in [0.4, 0.5) is 5.95 Å². The molecule has 1 unspecified atom stereocenters. The molecule has 72 valence electrons. The summed E-state index contributed by atoms with van der Waals surface area (Å²) in [5.41, 5.74) is 5.21. The zero-order chi connectivity index (χ0) is 9.68. The highest BCUT2D eigenvalue weighted by molar-refractivity contribution is 6.30. The Morgan fingerprint density at radius 1 is 1.54 bits per heavy atom. The number of anilines is 1. The van der Waals surface area contributed by atoms with Crippen molar-refractivity contribution >= 4 is 17.5 Å². The van der Waals surface area contributed by atoms with Crippen molar-refractivity contribution in [3.8, 4) is 0 Å². The van der Waals surface area contributed by atoms with Crippen LogP contribution < -0.4 is 11.1 Å².